The molecule has 0 fully saturated rings. The Kier molecular flexibility index (Phi) is 5.50. The number of hydrogen-bond acceptors (Lipinski definition) is 3. The van der Waals surface area contributed by atoms with E-state index in [0.29, 0.717) is 16.9 Å². The number of anilines is 1. The summed E-state index contributed by atoms with van der Waals surface area (Å²) in [6.07, 6.45) is 3.51. The number of nitrogens with two attached hydrogens (primary N) is 1. The fourth-order valence-corrected chi connectivity index (χ4v) is 3.85. The molecule has 2 heterocycles. The van der Waals surface area contributed by atoms with E-state index in [4.69, 9.17) is 5.73 Å². The molecule has 0 aliphatic carbocycles. The number of primary amides is 1. The average molecular weight is 411 g/mol. The van der Waals surface area contributed by atoms with Crippen molar-refractivity contribution in [1.29, 1.82) is 0 Å². The monoisotopic (exact) mass is 411 g/mol. The summed E-state index contributed by atoms with van der Waals surface area (Å²) in [4.78, 5) is 15.5. The number of benzene rings is 2. The molecule has 2 aromatic carbocycles. The van der Waals surface area contributed by atoms with Crippen molar-refractivity contribution < 1.29 is 13.6 Å². The third-order valence-corrected chi connectivity index (χ3v) is 5.36. The summed E-state index contributed by atoms with van der Waals surface area (Å²) < 4.78 is 29.3. The summed E-state index contributed by atoms with van der Waals surface area (Å²) in [5, 5.41) is 6.17. The molecule has 30 heavy (non-hydrogen) atoms. The van der Waals surface area contributed by atoms with Crippen LogP contribution in [0.5, 0.6) is 0 Å². The van der Waals surface area contributed by atoms with Gasteiger partial charge in [0.15, 0.2) is 0 Å². The Balaban J connectivity index is 1.43. The first-order valence-electron chi connectivity index (χ1n) is 9.83. The van der Waals surface area contributed by atoms with Crippen molar-refractivity contribution in [3.8, 4) is 11.3 Å². The minimum atomic E-state index is -0.608. The predicted octanol–water partition coefficient (Wildman–Crippen LogP) is 3.98. The lowest BCUT2D eigenvalue weighted by Gasteiger charge is -2.28. The molecule has 2 unspecified atom stereocenters. The van der Waals surface area contributed by atoms with Crippen LogP contribution in [-0.2, 0) is 13.0 Å². The quantitative estimate of drug-likeness (QED) is 0.594. The van der Waals surface area contributed by atoms with Crippen LogP contribution in [0.4, 0.5) is 19.3 Å². The van der Waals surface area contributed by atoms with E-state index >= 15 is 0 Å². The number of aryl methyl sites for hydroxylation is 1. The number of rotatable bonds is 5. The number of halogens is 2. The maximum atomic E-state index is 14.1. The van der Waals surface area contributed by atoms with Crippen molar-refractivity contribution in [2.24, 2.45) is 5.73 Å². The Hall–Kier alpha value is -3.26. The second-order valence-corrected chi connectivity index (χ2v) is 7.55. The molecule has 8 heteroatoms. The summed E-state index contributed by atoms with van der Waals surface area (Å²) in [6, 6.07) is 10.8. The lowest BCUT2D eigenvalue weighted by atomic mass is 10.0. The summed E-state index contributed by atoms with van der Waals surface area (Å²) in [5.74, 6) is -0.304. The molecule has 1 aliphatic heterocycles. The van der Waals surface area contributed by atoms with Crippen molar-refractivity contribution in [2.45, 2.75) is 38.4 Å². The van der Waals surface area contributed by atoms with Gasteiger partial charge in [-0.1, -0.05) is 12.1 Å². The van der Waals surface area contributed by atoms with Crippen LogP contribution in [0.15, 0.2) is 48.7 Å². The standard InChI is InChI=1S/C22H23F2N5O/c1-13(14-2-5-16(6-3-14)27-22(25)30)26-17-7-9-21-28-20(12-29(21)11-17)18-8-4-15(23)10-19(18)24/h2-6,8,10,12-13,17,26H,7,9,11H2,1H3,(H3,25,27,30). The Morgan fingerprint density at radius 1 is 1.23 bits per heavy atom. The highest BCUT2D eigenvalue weighted by atomic mass is 19.1. The van der Waals surface area contributed by atoms with E-state index in [1.165, 1.54) is 12.1 Å². The molecule has 0 saturated carbocycles. The van der Waals surface area contributed by atoms with Gasteiger partial charge in [-0.25, -0.2) is 18.6 Å². The molecule has 1 aliphatic rings. The summed E-state index contributed by atoms with van der Waals surface area (Å²) in [6.45, 7) is 2.80. The molecule has 4 rings (SSSR count). The molecule has 0 radical (unpaired) electrons. The fraction of sp³-hybridized carbons (Fsp3) is 0.273. The Labute approximate surface area is 173 Å². The number of aromatic nitrogens is 2. The highest BCUT2D eigenvalue weighted by molar-refractivity contribution is 5.87. The van der Waals surface area contributed by atoms with Crippen LogP contribution >= 0.6 is 0 Å². The molecule has 3 aromatic rings. The number of nitrogens with one attached hydrogen (secondary N) is 2. The zero-order chi connectivity index (χ0) is 21.3. The lowest BCUT2D eigenvalue weighted by molar-refractivity contribution is 0.259. The third kappa shape index (κ3) is 4.33. The van der Waals surface area contributed by atoms with Gasteiger partial charge >= 0.3 is 6.03 Å². The predicted molar refractivity (Wildman–Crippen MR) is 111 cm³/mol. The third-order valence-electron chi connectivity index (χ3n) is 5.36. The first kappa shape index (κ1) is 20.0. The lowest BCUT2D eigenvalue weighted by Crippen LogP contribution is -2.38. The van der Waals surface area contributed by atoms with Crippen molar-refractivity contribution in [1.82, 2.24) is 14.9 Å². The number of carbonyl (C=O) groups excluding carboxylic acids is 1. The highest BCUT2D eigenvalue weighted by Gasteiger charge is 2.23. The van der Waals surface area contributed by atoms with E-state index in [1.54, 1.807) is 0 Å². The van der Waals surface area contributed by atoms with Crippen LogP contribution in [0.1, 0.15) is 30.8 Å². The summed E-state index contributed by atoms with van der Waals surface area (Å²) in [5.41, 5.74) is 7.71. The number of nitrogens with zero attached hydrogens (tertiary/aromatic N) is 2. The van der Waals surface area contributed by atoms with Crippen LogP contribution in [0.2, 0.25) is 0 Å². The molecule has 6 nitrogen and oxygen atoms in total. The summed E-state index contributed by atoms with van der Waals surface area (Å²) >= 11 is 0. The molecule has 0 bridgehead atoms. The van der Waals surface area contributed by atoms with Crippen molar-refractivity contribution >= 4 is 11.7 Å². The van der Waals surface area contributed by atoms with Crippen LogP contribution in [0, 0.1) is 11.6 Å². The molecular weight excluding hydrogens is 388 g/mol. The van der Waals surface area contributed by atoms with E-state index in [-0.39, 0.29) is 12.1 Å². The molecule has 0 saturated heterocycles. The van der Waals surface area contributed by atoms with Crippen LogP contribution in [0.3, 0.4) is 0 Å². The number of imidazole rings is 1. The van der Waals surface area contributed by atoms with Crippen molar-refractivity contribution in [3.05, 3.63) is 71.7 Å². The van der Waals surface area contributed by atoms with E-state index in [9.17, 15) is 13.6 Å². The summed E-state index contributed by atoms with van der Waals surface area (Å²) in [7, 11) is 0. The van der Waals surface area contributed by atoms with E-state index in [0.717, 1.165) is 36.8 Å². The highest BCUT2D eigenvalue weighted by Crippen LogP contribution is 2.26. The fourth-order valence-electron chi connectivity index (χ4n) is 3.85. The zero-order valence-corrected chi connectivity index (χ0v) is 16.5. The second-order valence-electron chi connectivity index (χ2n) is 7.55. The second kappa shape index (κ2) is 8.23. The van der Waals surface area contributed by atoms with E-state index in [2.05, 4.69) is 22.5 Å². The number of hydrogen-bond donors (Lipinski definition) is 3. The van der Waals surface area contributed by atoms with Gasteiger partial charge < -0.3 is 20.9 Å². The van der Waals surface area contributed by atoms with Crippen LogP contribution in [-0.4, -0.2) is 21.6 Å². The number of fused-ring (bicyclic) bond motifs is 1. The number of carbonyl (C=O) groups is 1. The molecule has 2 atom stereocenters. The normalized spacial score (nSPS) is 16.7. The van der Waals surface area contributed by atoms with E-state index in [1.807, 2.05) is 35.0 Å². The van der Waals surface area contributed by atoms with Gasteiger partial charge in [-0.2, -0.15) is 0 Å². The minimum absolute atomic E-state index is 0.108. The maximum Gasteiger partial charge on any atom is 0.316 e. The van der Waals surface area contributed by atoms with Gasteiger partial charge in [0.1, 0.15) is 17.5 Å². The Morgan fingerprint density at radius 2 is 2.00 bits per heavy atom. The van der Waals surface area contributed by atoms with Crippen molar-refractivity contribution in [2.75, 3.05) is 5.32 Å². The number of amides is 2. The largest absolute Gasteiger partial charge is 0.351 e. The smallest absolute Gasteiger partial charge is 0.316 e. The van der Waals surface area contributed by atoms with E-state index < -0.39 is 17.7 Å². The molecule has 1 aromatic heterocycles. The first-order valence-corrected chi connectivity index (χ1v) is 9.83. The van der Waals surface area contributed by atoms with Crippen molar-refractivity contribution in [3.63, 3.8) is 0 Å². The maximum absolute atomic E-state index is 14.1. The zero-order valence-electron chi connectivity index (χ0n) is 16.5. The molecule has 4 N–H and O–H groups in total. The van der Waals surface area contributed by atoms with Gasteiger partial charge in [0.05, 0.1) is 5.69 Å². The molecule has 0 spiro atoms. The van der Waals surface area contributed by atoms with Gasteiger partial charge in [-0.15, -0.1) is 0 Å². The van der Waals surface area contributed by atoms with Gasteiger partial charge in [-0.3, -0.25) is 0 Å². The number of urea groups is 1. The average Bonchev–Trinajstić information content (AvgIpc) is 3.11. The molecule has 2 amide bonds. The first-order chi connectivity index (χ1) is 14.4. The minimum Gasteiger partial charge on any atom is -0.351 e. The van der Waals surface area contributed by atoms with Gasteiger partial charge in [0, 0.05) is 48.6 Å². The van der Waals surface area contributed by atoms with Gasteiger partial charge in [0.2, 0.25) is 0 Å². The van der Waals surface area contributed by atoms with Crippen LogP contribution < -0.4 is 16.4 Å². The molecular formula is C22H23F2N5O. The van der Waals surface area contributed by atoms with Crippen LogP contribution in [0.25, 0.3) is 11.3 Å². The van der Waals surface area contributed by atoms with Gasteiger partial charge in [0.25, 0.3) is 0 Å². The Morgan fingerprint density at radius 3 is 2.70 bits per heavy atom. The molecule has 156 valence electrons. The van der Waals surface area contributed by atoms with Gasteiger partial charge in [-0.05, 0) is 43.2 Å². The topological polar surface area (TPSA) is 85.0 Å². The Bertz CT molecular complexity index is 1060. The SMILES string of the molecule is CC(NC1CCc2nc(-c3ccc(F)cc3F)cn2C1)c1ccc(NC(N)=O)cc1.